The molecule has 122 valence electrons. The first-order valence-corrected chi connectivity index (χ1v) is 8.68. The molecule has 3 nitrogen and oxygen atoms in total. The van der Waals surface area contributed by atoms with Crippen LogP contribution in [0, 0.1) is 3.57 Å². The summed E-state index contributed by atoms with van der Waals surface area (Å²) in [6.45, 7) is 7.04. The van der Waals surface area contributed by atoms with Crippen LogP contribution in [0.15, 0.2) is 49.1 Å². The van der Waals surface area contributed by atoms with Crippen LogP contribution in [0.3, 0.4) is 0 Å². The van der Waals surface area contributed by atoms with E-state index in [4.69, 9.17) is 9.47 Å². The number of aryl methyl sites for hydroxylation is 1. The van der Waals surface area contributed by atoms with Gasteiger partial charge >= 0.3 is 0 Å². The van der Waals surface area contributed by atoms with Crippen LogP contribution in [-0.2, 0) is 13.0 Å². The lowest BCUT2D eigenvalue weighted by Crippen LogP contribution is -2.03. The number of benzene rings is 2. The van der Waals surface area contributed by atoms with E-state index in [1.165, 1.54) is 5.56 Å². The number of nitrogens with one attached hydrogen (secondary N) is 1. The van der Waals surface area contributed by atoms with E-state index >= 15 is 0 Å². The van der Waals surface area contributed by atoms with E-state index in [0.717, 1.165) is 39.3 Å². The van der Waals surface area contributed by atoms with Crippen LogP contribution in [0.5, 0.6) is 11.5 Å². The van der Waals surface area contributed by atoms with Crippen LogP contribution in [0.1, 0.15) is 18.1 Å². The lowest BCUT2D eigenvalue weighted by atomic mass is 10.1. The SMILES string of the molecule is C=CCOc1c(I)cc(CNc2ccc(CC)cc2)cc1OC. The highest BCUT2D eigenvalue weighted by Crippen LogP contribution is 2.34. The number of halogens is 1. The van der Waals surface area contributed by atoms with Crippen molar-refractivity contribution in [2.24, 2.45) is 0 Å². The number of hydrogen-bond donors (Lipinski definition) is 1. The summed E-state index contributed by atoms with van der Waals surface area (Å²) in [6, 6.07) is 12.6. The summed E-state index contributed by atoms with van der Waals surface area (Å²) < 4.78 is 12.2. The molecule has 2 aromatic carbocycles. The molecule has 0 fully saturated rings. The van der Waals surface area contributed by atoms with E-state index in [2.05, 4.69) is 71.7 Å². The largest absolute Gasteiger partial charge is 0.493 e. The Hall–Kier alpha value is -1.69. The van der Waals surface area contributed by atoms with E-state index in [9.17, 15) is 0 Å². The lowest BCUT2D eigenvalue weighted by molar-refractivity contribution is 0.324. The minimum Gasteiger partial charge on any atom is -0.493 e. The second-order valence-electron chi connectivity index (χ2n) is 5.11. The molecule has 1 N–H and O–H groups in total. The molecule has 0 saturated heterocycles. The average Bonchev–Trinajstić information content (AvgIpc) is 2.59. The van der Waals surface area contributed by atoms with Gasteiger partial charge in [0.05, 0.1) is 10.7 Å². The Morgan fingerprint density at radius 3 is 2.52 bits per heavy atom. The summed E-state index contributed by atoms with van der Waals surface area (Å²) >= 11 is 2.27. The Labute approximate surface area is 151 Å². The third kappa shape index (κ3) is 4.89. The van der Waals surface area contributed by atoms with Crippen molar-refractivity contribution >= 4 is 28.3 Å². The minimum atomic E-state index is 0.466. The summed E-state index contributed by atoms with van der Waals surface area (Å²) in [5, 5.41) is 3.44. The van der Waals surface area contributed by atoms with Crippen molar-refractivity contribution in [3.63, 3.8) is 0 Å². The van der Waals surface area contributed by atoms with Crippen LogP contribution < -0.4 is 14.8 Å². The van der Waals surface area contributed by atoms with Gasteiger partial charge in [-0.1, -0.05) is 31.7 Å². The fraction of sp³-hybridized carbons (Fsp3) is 0.263. The molecule has 0 spiro atoms. The number of methoxy groups -OCH3 is 1. The predicted octanol–water partition coefficient (Wildman–Crippen LogP) is 5.04. The maximum Gasteiger partial charge on any atom is 0.174 e. The molecule has 0 bridgehead atoms. The molecule has 0 radical (unpaired) electrons. The zero-order chi connectivity index (χ0) is 16.7. The Morgan fingerprint density at radius 1 is 1.17 bits per heavy atom. The van der Waals surface area contributed by atoms with Crippen molar-refractivity contribution in [3.8, 4) is 11.5 Å². The minimum absolute atomic E-state index is 0.466. The summed E-state index contributed by atoms with van der Waals surface area (Å²) in [5.74, 6) is 1.51. The summed E-state index contributed by atoms with van der Waals surface area (Å²) in [5.41, 5.74) is 3.61. The van der Waals surface area contributed by atoms with Crippen LogP contribution in [0.25, 0.3) is 0 Å². The van der Waals surface area contributed by atoms with E-state index in [-0.39, 0.29) is 0 Å². The van der Waals surface area contributed by atoms with Gasteiger partial charge in [0.25, 0.3) is 0 Å². The number of hydrogen-bond acceptors (Lipinski definition) is 3. The van der Waals surface area contributed by atoms with Crippen LogP contribution in [0.2, 0.25) is 0 Å². The van der Waals surface area contributed by atoms with Gasteiger partial charge in [0, 0.05) is 12.2 Å². The highest BCUT2D eigenvalue weighted by atomic mass is 127. The first-order valence-electron chi connectivity index (χ1n) is 7.60. The van der Waals surface area contributed by atoms with E-state index < -0.39 is 0 Å². The van der Waals surface area contributed by atoms with Crippen molar-refractivity contribution in [2.45, 2.75) is 19.9 Å². The Morgan fingerprint density at radius 2 is 1.91 bits per heavy atom. The van der Waals surface area contributed by atoms with Crippen molar-refractivity contribution in [1.82, 2.24) is 0 Å². The molecule has 0 aliphatic rings. The third-order valence-corrected chi connectivity index (χ3v) is 4.29. The van der Waals surface area contributed by atoms with Crippen molar-refractivity contribution in [3.05, 3.63) is 63.8 Å². The smallest absolute Gasteiger partial charge is 0.174 e. The fourth-order valence-corrected chi connectivity index (χ4v) is 3.04. The second kappa shape index (κ2) is 8.82. The van der Waals surface area contributed by atoms with E-state index in [1.807, 2.05) is 6.07 Å². The molecule has 0 saturated carbocycles. The second-order valence-corrected chi connectivity index (χ2v) is 6.27. The van der Waals surface area contributed by atoms with Gasteiger partial charge in [0.2, 0.25) is 0 Å². The molecule has 0 atom stereocenters. The monoisotopic (exact) mass is 423 g/mol. The molecule has 0 aromatic heterocycles. The number of rotatable bonds is 8. The highest BCUT2D eigenvalue weighted by molar-refractivity contribution is 14.1. The molecular weight excluding hydrogens is 401 g/mol. The van der Waals surface area contributed by atoms with Gasteiger partial charge in [0.15, 0.2) is 11.5 Å². The molecule has 23 heavy (non-hydrogen) atoms. The van der Waals surface area contributed by atoms with E-state index in [0.29, 0.717) is 6.61 Å². The number of ether oxygens (including phenoxy) is 2. The van der Waals surface area contributed by atoms with Crippen LogP contribution in [0.4, 0.5) is 5.69 Å². The molecule has 0 amide bonds. The first kappa shape index (κ1) is 17.7. The van der Waals surface area contributed by atoms with Crippen LogP contribution in [-0.4, -0.2) is 13.7 Å². The summed E-state index contributed by atoms with van der Waals surface area (Å²) in [4.78, 5) is 0. The molecule has 0 heterocycles. The fourth-order valence-electron chi connectivity index (χ4n) is 2.22. The van der Waals surface area contributed by atoms with Gasteiger partial charge in [-0.25, -0.2) is 0 Å². The summed E-state index contributed by atoms with van der Waals surface area (Å²) in [6.07, 6.45) is 2.78. The Balaban J connectivity index is 2.10. The molecule has 4 heteroatoms. The van der Waals surface area contributed by atoms with Gasteiger partial charge < -0.3 is 14.8 Å². The Kier molecular flexibility index (Phi) is 6.77. The first-order chi connectivity index (χ1) is 11.2. The molecule has 0 unspecified atom stereocenters. The highest BCUT2D eigenvalue weighted by Gasteiger charge is 2.11. The standard InChI is InChI=1S/C19H22INO2/c1-4-10-23-19-17(20)11-15(12-18(19)22-3)13-21-16-8-6-14(5-2)7-9-16/h4,6-9,11-12,21H,1,5,10,13H2,2-3H3. The Bertz CT molecular complexity index is 653. The van der Waals surface area contributed by atoms with Gasteiger partial charge in [-0.05, 0) is 64.4 Å². The third-order valence-electron chi connectivity index (χ3n) is 3.49. The average molecular weight is 423 g/mol. The van der Waals surface area contributed by atoms with Crippen molar-refractivity contribution in [2.75, 3.05) is 19.0 Å². The van der Waals surface area contributed by atoms with E-state index in [1.54, 1.807) is 13.2 Å². The molecule has 0 aliphatic carbocycles. The number of anilines is 1. The van der Waals surface area contributed by atoms with Gasteiger partial charge in [0.1, 0.15) is 6.61 Å². The predicted molar refractivity (Wildman–Crippen MR) is 105 cm³/mol. The molecule has 2 rings (SSSR count). The maximum atomic E-state index is 5.68. The molecule has 2 aromatic rings. The van der Waals surface area contributed by atoms with Crippen molar-refractivity contribution in [1.29, 1.82) is 0 Å². The van der Waals surface area contributed by atoms with Crippen LogP contribution >= 0.6 is 22.6 Å². The van der Waals surface area contributed by atoms with Gasteiger partial charge in [-0.2, -0.15) is 0 Å². The topological polar surface area (TPSA) is 30.5 Å². The molecular formula is C19H22INO2. The maximum absolute atomic E-state index is 5.68. The van der Waals surface area contributed by atoms with Gasteiger partial charge in [-0.3, -0.25) is 0 Å². The normalized spacial score (nSPS) is 10.2. The molecule has 0 aliphatic heterocycles. The summed E-state index contributed by atoms with van der Waals surface area (Å²) in [7, 11) is 1.66. The lowest BCUT2D eigenvalue weighted by Gasteiger charge is -2.14. The van der Waals surface area contributed by atoms with Crippen molar-refractivity contribution < 1.29 is 9.47 Å². The van der Waals surface area contributed by atoms with Gasteiger partial charge in [-0.15, -0.1) is 0 Å². The quantitative estimate of drug-likeness (QED) is 0.477. The zero-order valence-electron chi connectivity index (χ0n) is 13.6. The zero-order valence-corrected chi connectivity index (χ0v) is 15.7.